The second-order valence-corrected chi connectivity index (χ2v) is 6.10. The fourth-order valence-corrected chi connectivity index (χ4v) is 2.39. The third kappa shape index (κ3) is 4.91. The van der Waals surface area contributed by atoms with Crippen molar-refractivity contribution in [1.29, 1.82) is 0 Å². The van der Waals surface area contributed by atoms with Crippen LogP contribution < -0.4 is 10.6 Å². The van der Waals surface area contributed by atoms with Gasteiger partial charge in [0, 0.05) is 34.9 Å². The van der Waals surface area contributed by atoms with E-state index in [1.165, 1.54) is 0 Å². The zero-order valence-corrected chi connectivity index (χ0v) is 15.1. The Morgan fingerprint density at radius 2 is 1.67 bits per heavy atom. The molecule has 126 valence electrons. The van der Waals surface area contributed by atoms with Crippen molar-refractivity contribution in [3.63, 3.8) is 0 Å². The van der Waals surface area contributed by atoms with Crippen LogP contribution in [0.25, 0.3) is 0 Å². The van der Waals surface area contributed by atoms with E-state index >= 15 is 0 Å². The van der Waals surface area contributed by atoms with E-state index in [4.69, 9.17) is 4.74 Å². The van der Waals surface area contributed by atoms with Crippen LogP contribution in [0.15, 0.2) is 46.9 Å². The summed E-state index contributed by atoms with van der Waals surface area (Å²) in [4.78, 5) is 24.1. The number of hydrogen-bond acceptors (Lipinski definition) is 3. The first-order valence-electron chi connectivity index (χ1n) is 7.46. The summed E-state index contributed by atoms with van der Waals surface area (Å²) in [6.07, 6.45) is 0. The zero-order chi connectivity index (χ0) is 17.5. The first-order valence-corrected chi connectivity index (χ1v) is 8.25. The molecule has 0 radical (unpaired) electrons. The molecule has 2 rings (SSSR count). The maximum Gasteiger partial charge on any atom is 0.255 e. The number of anilines is 1. The molecule has 2 amide bonds. The summed E-state index contributed by atoms with van der Waals surface area (Å²) in [7, 11) is 1.58. The minimum absolute atomic E-state index is 0.193. The van der Waals surface area contributed by atoms with Crippen LogP contribution in [-0.4, -0.2) is 32.1 Å². The lowest BCUT2D eigenvalue weighted by Gasteiger charge is -2.08. The third-order valence-corrected chi connectivity index (χ3v) is 4.29. The quantitative estimate of drug-likeness (QED) is 0.742. The van der Waals surface area contributed by atoms with Gasteiger partial charge >= 0.3 is 0 Å². The second kappa shape index (κ2) is 8.61. The predicted octanol–water partition coefficient (Wildman–Crippen LogP) is 3.39. The van der Waals surface area contributed by atoms with E-state index in [0.717, 1.165) is 10.0 Å². The van der Waals surface area contributed by atoms with Crippen molar-refractivity contribution in [3.05, 3.63) is 63.6 Å². The molecular formula is C18H19BrN2O3. The van der Waals surface area contributed by atoms with Crippen LogP contribution in [0, 0.1) is 6.92 Å². The summed E-state index contributed by atoms with van der Waals surface area (Å²) in [6, 6.07) is 12.1. The van der Waals surface area contributed by atoms with Crippen molar-refractivity contribution in [2.24, 2.45) is 0 Å². The van der Waals surface area contributed by atoms with Crippen molar-refractivity contribution >= 4 is 33.4 Å². The molecule has 0 bridgehead atoms. The lowest BCUT2D eigenvalue weighted by atomic mass is 10.1. The molecule has 0 aromatic heterocycles. The number of methoxy groups -OCH3 is 1. The van der Waals surface area contributed by atoms with E-state index in [2.05, 4.69) is 26.6 Å². The lowest BCUT2D eigenvalue weighted by molar-refractivity contribution is 0.0935. The maximum atomic E-state index is 12.3. The van der Waals surface area contributed by atoms with Gasteiger partial charge in [-0.25, -0.2) is 0 Å². The monoisotopic (exact) mass is 390 g/mol. The number of halogens is 1. The standard InChI is InChI=1S/C18H19BrN2O3/c1-12-3-8-15(11-16(12)19)21-18(23)14-6-4-13(5-7-14)17(22)20-9-10-24-2/h3-8,11H,9-10H2,1-2H3,(H,20,22)(H,21,23). The van der Waals surface area contributed by atoms with Crippen LogP contribution >= 0.6 is 15.9 Å². The van der Waals surface area contributed by atoms with Crippen LogP contribution in [0.4, 0.5) is 5.69 Å². The minimum atomic E-state index is -0.225. The van der Waals surface area contributed by atoms with Gasteiger partial charge in [-0.15, -0.1) is 0 Å². The number of carbonyl (C=O) groups excluding carboxylic acids is 2. The topological polar surface area (TPSA) is 67.4 Å². The second-order valence-electron chi connectivity index (χ2n) is 5.24. The summed E-state index contributed by atoms with van der Waals surface area (Å²) in [5.74, 6) is -0.418. The molecule has 0 heterocycles. The molecule has 0 saturated heterocycles. The number of aryl methyl sites for hydroxylation is 1. The number of carbonyl (C=O) groups is 2. The van der Waals surface area contributed by atoms with E-state index in [-0.39, 0.29) is 11.8 Å². The third-order valence-electron chi connectivity index (χ3n) is 3.43. The van der Waals surface area contributed by atoms with Crippen molar-refractivity contribution < 1.29 is 14.3 Å². The molecule has 6 heteroatoms. The van der Waals surface area contributed by atoms with Gasteiger partial charge in [0.1, 0.15) is 0 Å². The summed E-state index contributed by atoms with van der Waals surface area (Å²) >= 11 is 3.44. The SMILES string of the molecule is COCCNC(=O)c1ccc(C(=O)Nc2ccc(C)c(Br)c2)cc1. The molecule has 0 fully saturated rings. The van der Waals surface area contributed by atoms with Crippen LogP contribution in [0.2, 0.25) is 0 Å². The van der Waals surface area contributed by atoms with Gasteiger partial charge < -0.3 is 15.4 Å². The summed E-state index contributed by atoms with van der Waals surface area (Å²) < 4.78 is 5.81. The van der Waals surface area contributed by atoms with E-state index in [9.17, 15) is 9.59 Å². The van der Waals surface area contributed by atoms with Gasteiger partial charge in [0.25, 0.3) is 11.8 Å². The van der Waals surface area contributed by atoms with Crippen molar-refractivity contribution in [2.75, 3.05) is 25.6 Å². The Kier molecular flexibility index (Phi) is 6.52. The summed E-state index contributed by atoms with van der Waals surface area (Å²) in [5, 5.41) is 5.56. The molecule has 0 aliphatic carbocycles. The molecule has 2 N–H and O–H groups in total. The van der Waals surface area contributed by atoms with E-state index in [1.54, 1.807) is 31.4 Å². The smallest absolute Gasteiger partial charge is 0.255 e. The van der Waals surface area contributed by atoms with Crippen molar-refractivity contribution in [1.82, 2.24) is 5.32 Å². The molecule has 24 heavy (non-hydrogen) atoms. The van der Waals surface area contributed by atoms with Crippen LogP contribution in [0.1, 0.15) is 26.3 Å². The Labute approximate surface area is 149 Å². The highest BCUT2D eigenvalue weighted by molar-refractivity contribution is 9.10. The van der Waals surface area contributed by atoms with Crippen LogP contribution in [-0.2, 0) is 4.74 Å². The fourth-order valence-electron chi connectivity index (χ4n) is 2.02. The molecule has 0 aliphatic rings. The average Bonchev–Trinajstić information content (AvgIpc) is 2.58. The number of amides is 2. The Morgan fingerprint density at radius 1 is 1.04 bits per heavy atom. The van der Waals surface area contributed by atoms with Crippen molar-refractivity contribution in [2.45, 2.75) is 6.92 Å². The molecule has 0 atom stereocenters. The molecule has 0 saturated carbocycles. The average molecular weight is 391 g/mol. The largest absolute Gasteiger partial charge is 0.383 e. The Hall–Kier alpha value is -2.18. The molecule has 0 spiro atoms. The molecule has 2 aromatic rings. The minimum Gasteiger partial charge on any atom is -0.383 e. The first kappa shape index (κ1) is 18.2. The molecule has 5 nitrogen and oxygen atoms in total. The number of nitrogens with one attached hydrogen (secondary N) is 2. The van der Waals surface area contributed by atoms with Gasteiger partial charge in [-0.3, -0.25) is 9.59 Å². The van der Waals surface area contributed by atoms with Gasteiger partial charge in [0.05, 0.1) is 6.61 Å². The van der Waals surface area contributed by atoms with Crippen LogP contribution in [0.3, 0.4) is 0 Å². The zero-order valence-electron chi connectivity index (χ0n) is 13.6. The highest BCUT2D eigenvalue weighted by Crippen LogP contribution is 2.21. The van der Waals surface area contributed by atoms with Gasteiger partial charge in [-0.2, -0.15) is 0 Å². The fraction of sp³-hybridized carbons (Fsp3) is 0.222. The Bertz CT molecular complexity index is 730. The highest BCUT2D eigenvalue weighted by atomic mass is 79.9. The number of rotatable bonds is 6. The van der Waals surface area contributed by atoms with Crippen LogP contribution in [0.5, 0.6) is 0 Å². The number of ether oxygens (including phenoxy) is 1. The summed E-state index contributed by atoms with van der Waals surface area (Å²) in [5.41, 5.74) is 2.79. The highest BCUT2D eigenvalue weighted by Gasteiger charge is 2.09. The molecule has 0 aliphatic heterocycles. The summed E-state index contributed by atoms with van der Waals surface area (Å²) in [6.45, 7) is 2.88. The molecular weight excluding hydrogens is 372 g/mol. The Balaban J connectivity index is 2.00. The maximum absolute atomic E-state index is 12.3. The molecule has 0 unspecified atom stereocenters. The van der Waals surface area contributed by atoms with Crippen molar-refractivity contribution in [3.8, 4) is 0 Å². The number of benzene rings is 2. The van der Waals surface area contributed by atoms with E-state index < -0.39 is 0 Å². The van der Waals surface area contributed by atoms with E-state index in [1.807, 2.05) is 25.1 Å². The predicted molar refractivity (Wildman–Crippen MR) is 97.5 cm³/mol. The van der Waals surface area contributed by atoms with Gasteiger partial charge in [-0.1, -0.05) is 22.0 Å². The number of hydrogen-bond donors (Lipinski definition) is 2. The van der Waals surface area contributed by atoms with Gasteiger partial charge in [0.15, 0.2) is 0 Å². The lowest BCUT2D eigenvalue weighted by Crippen LogP contribution is -2.26. The molecule has 2 aromatic carbocycles. The Morgan fingerprint density at radius 3 is 2.25 bits per heavy atom. The first-order chi connectivity index (χ1) is 11.5. The normalized spacial score (nSPS) is 10.3. The van der Waals surface area contributed by atoms with Gasteiger partial charge in [-0.05, 0) is 48.9 Å². The van der Waals surface area contributed by atoms with Gasteiger partial charge in [0.2, 0.25) is 0 Å². The van der Waals surface area contributed by atoms with E-state index in [0.29, 0.717) is 30.0 Å².